The number of imidazole rings is 1. The maximum Gasteiger partial charge on any atom is 0.224 e. The fourth-order valence-corrected chi connectivity index (χ4v) is 3.30. The molecule has 0 aliphatic carbocycles. The van der Waals surface area contributed by atoms with E-state index in [2.05, 4.69) is 59.7 Å². The number of hydrogen-bond donors (Lipinski definition) is 0. The predicted octanol–water partition coefficient (Wildman–Crippen LogP) is 3.19. The Kier molecular flexibility index (Phi) is 5.53. The van der Waals surface area contributed by atoms with Gasteiger partial charge in [0.25, 0.3) is 0 Å². The largest absolute Gasteiger partial charge is 0.343 e. The van der Waals surface area contributed by atoms with Crippen LogP contribution in [0.2, 0.25) is 0 Å². The van der Waals surface area contributed by atoms with Crippen molar-refractivity contribution in [2.45, 2.75) is 38.8 Å². The lowest BCUT2D eigenvalue weighted by Crippen LogP contribution is -2.28. The highest BCUT2D eigenvalue weighted by Crippen LogP contribution is 2.23. The van der Waals surface area contributed by atoms with E-state index in [1.165, 1.54) is 5.56 Å². The van der Waals surface area contributed by atoms with Crippen LogP contribution in [-0.4, -0.2) is 52.4 Å². The lowest BCUT2D eigenvalue weighted by Gasteiger charge is -2.20. The standard InChI is InChI=1S/C20H28N4O/c1-16(22(2)3)17-6-8-18(9-7-17)20-21-11-15-24(20)14-10-19(25)23-12-4-5-13-23/h6-9,11,15-16H,4-5,10,12-14H2,1-3H3/t16-/m1/s1. The van der Waals surface area contributed by atoms with Gasteiger partial charge in [0, 0.05) is 50.1 Å². The number of aromatic nitrogens is 2. The molecule has 25 heavy (non-hydrogen) atoms. The summed E-state index contributed by atoms with van der Waals surface area (Å²) < 4.78 is 2.08. The summed E-state index contributed by atoms with van der Waals surface area (Å²) in [5.41, 5.74) is 2.38. The van der Waals surface area contributed by atoms with Crippen LogP contribution in [-0.2, 0) is 11.3 Å². The summed E-state index contributed by atoms with van der Waals surface area (Å²) in [6, 6.07) is 8.95. The van der Waals surface area contributed by atoms with Gasteiger partial charge in [-0.05, 0) is 39.4 Å². The average Bonchev–Trinajstić information content (AvgIpc) is 3.30. The van der Waals surface area contributed by atoms with Crippen molar-refractivity contribution in [2.24, 2.45) is 0 Å². The minimum absolute atomic E-state index is 0.257. The van der Waals surface area contributed by atoms with Crippen LogP contribution in [0.15, 0.2) is 36.7 Å². The first-order valence-corrected chi connectivity index (χ1v) is 9.12. The molecule has 0 spiro atoms. The molecule has 0 saturated carbocycles. The Morgan fingerprint density at radius 2 is 1.88 bits per heavy atom. The number of likely N-dealkylation sites (tertiary alicyclic amines) is 1. The fourth-order valence-electron chi connectivity index (χ4n) is 3.30. The van der Waals surface area contributed by atoms with Gasteiger partial charge in [0.05, 0.1) is 0 Å². The Labute approximate surface area is 150 Å². The summed E-state index contributed by atoms with van der Waals surface area (Å²) in [6.45, 7) is 4.71. The van der Waals surface area contributed by atoms with Crippen molar-refractivity contribution < 1.29 is 4.79 Å². The first kappa shape index (κ1) is 17.7. The number of carbonyl (C=O) groups excluding carboxylic acids is 1. The lowest BCUT2D eigenvalue weighted by atomic mass is 10.1. The molecule has 1 amide bonds. The van der Waals surface area contributed by atoms with E-state index in [4.69, 9.17) is 0 Å². The molecule has 0 N–H and O–H groups in total. The molecule has 1 fully saturated rings. The van der Waals surface area contributed by atoms with E-state index >= 15 is 0 Å². The van der Waals surface area contributed by atoms with E-state index < -0.39 is 0 Å². The fraction of sp³-hybridized carbons (Fsp3) is 0.500. The SMILES string of the molecule is C[C@H](c1ccc(-c2nccn2CCC(=O)N2CCCC2)cc1)N(C)C. The summed E-state index contributed by atoms with van der Waals surface area (Å²) in [6.07, 6.45) is 6.59. The van der Waals surface area contributed by atoms with Crippen LogP contribution in [0, 0.1) is 0 Å². The number of amides is 1. The minimum Gasteiger partial charge on any atom is -0.343 e. The number of rotatable bonds is 6. The minimum atomic E-state index is 0.257. The highest BCUT2D eigenvalue weighted by atomic mass is 16.2. The van der Waals surface area contributed by atoms with Crippen molar-refractivity contribution in [3.8, 4) is 11.4 Å². The summed E-state index contributed by atoms with van der Waals surface area (Å²) in [5, 5.41) is 0. The zero-order chi connectivity index (χ0) is 17.8. The third-order valence-corrected chi connectivity index (χ3v) is 5.17. The predicted molar refractivity (Wildman–Crippen MR) is 100 cm³/mol. The Morgan fingerprint density at radius 3 is 2.52 bits per heavy atom. The smallest absolute Gasteiger partial charge is 0.224 e. The molecule has 1 aliphatic heterocycles. The molecule has 1 atom stereocenters. The van der Waals surface area contributed by atoms with Gasteiger partial charge in [-0.1, -0.05) is 24.3 Å². The highest BCUT2D eigenvalue weighted by molar-refractivity contribution is 5.76. The highest BCUT2D eigenvalue weighted by Gasteiger charge is 2.18. The van der Waals surface area contributed by atoms with Crippen molar-refractivity contribution in [1.82, 2.24) is 19.4 Å². The lowest BCUT2D eigenvalue weighted by molar-refractivity contribution is -0.130. The molecular formula is C20H28N4O. The molecule has 1 aromatic carbocycles. The number of nitrogens with zero attached hydrogens (tertiary/aromatic N) is 4. The topological polar surface area (TPSA) is 41.4 Å². The Morgan fingerprint density at radius 1 is 1.20 bits per heavy atom. The number of hydrogen-bond acceptors (Lipinski definition) is 3. The molecular weight excluding hydrogens is 312 g/mol. The number of carbonyl (C=O) groups is 1. The van der Waals surface area contributed by atoms with Crippen LogP contribution < -0.4 is 0 Å². The molecule has 0 bridgehead atoms. The van der Waals surface area contributed by atoms with Gasteiger partial charge in [0.15, 0.2) is 0 Å². The van der Waals surface area contributed by atoms with E-state index in [1.807, 2.05) is 17.3 Å². The van der Waals surface area contributed by atoms with Gasteiger partial charge >= 0.3 is 0 Å². The average molecular weight is 340 g/mol. The first-order chi connectivity index (χ1) is 12.1. The zero-order valence-corrected chi connectivity index (χ0v) is 15.5. The Balaban J connectivity index is 1.67. The van der Waals surface area contributed by atoms with Crippen molar-refractivity contribution in [2.75, 3.05) is 27.2 Å². The van der Waals surface area contributed by atoms with Gasteiger partial charge in [0.1, 0.15) is 5.82 Å². The van der Waals surface area contributed by atoms with Crippen LogP contribution in [0.1, 0.15) is 37.8 Å². The molecule has 1 saturated heterocycles. The van der Waals surface area contributed by atoms with Gasteiger partial charge in [-0.25, -0.2) is 4.98 Å². The van der Waals surface area contributed by atoms with Crippen molar-refractivity contribution in [3.63, 3.8) is 0 Å². The maximum atomic E-state index is 12.3. The van der Waals surface area contributed by atoms with Gasteiger partial charge in [-0.2, -0.15) is 0 Å². The molecule has 3 rings (SSSR count). The van der Waals surface area contributed by atoms with Crippen LogP contribution >= 0.6 is 0 Å². The zero-order valence-electron chi connectivity index (χ0n) is 15.5. The van der Waals surface area contributed by atoms with Crippen LogP contribution in [0.25, 0.3) is 11.4 Å². The molecule has 2 aromatic rings. The molecule has 1 aromatic heterocycles. The summed E-state index contributed by atoms with van der Waals surface area (Å²) in [7, 11) is 4.17. The van der Waals surface area contributed by atoms with E-state index in [1.54, 1.807) is 0 Å². The summed E-state index contributed by atoms with van der Waals surface area (Å²) in [4.78, 5) is 20.9. The second-order valence-corrected chi connectivity index (χ2v) is 7.04. The Bertz CT molecular complexity index is 699. The molecule has 2 heterocycles. The third-order valence-electron chi connectivity index (χ3n) is 5.17. The number of aryl methyl sites for hydroxylation is 1. The van der Waals surface area contributed by atoms with Gasteiger partial charge in [-0.3, -0.25) is 4.79 Å². The van der Waals surface area contributed by atoms with Crippen LogP contribution in [0.5, 0.6) is 0 Å². The summed E-state index contributed by atoms with van der Waals surface area (Å²) in [5.74, 6) is 1.19. The van der Waals surface area contributed by atoms with E-state index in [-0.39, 0.29) is 5.91 Å². The monoisotopic (exact) mass is 340 g/mol. The second-order valence-electron chi connectivity index (χ2n) is 7.04. The van der Waals surface area contributed by atoms with Crippen LogP contribution in [0.3, 0.4) is 0 Å². The normalized spacial score (nSPS) is 15.8. The van der Waals surface area contributed by atoms with E-state index in [9.17, 15) is 4.79 Å². The summed E-state index contributed by atoms with van der Waals surface area (Å²) >= 11 is 0. The number of benzene rings is 1. The molecule has 134 valence electrons. The molecule has 5 heteroatoms. The van der Waals surface area contributed by atoms with Crippen molar-refractivity contribution >= 4 is 5.91 Å². The third kappa shape index (κ3) is 4.10. The van der Waals surface area contributed by atoms with Gasteiger partial charge < -0.3 is 14.4 Å². The Hall–Kier alpha value is -2.14. The maximum absolute atomic E-state index is 12.3. The van der Waals surface area contributed by atoms with E-state index in [0.29, 0.717) is 19.0 Å². The first-order valence-electron chi connectivity index (χ1n) is 9.12. The second kappa shape index (κ2) is 7.83. The van der Waals surface area contributed by atoms with Gasteiger partial charge in [0.2, 0.25) is 5.91 Å². The van der Waals surface area contributed by atoms with E-state index in [0.717, 1.165) is 37.3 Å². The quantitative estimate of drug-likeness (QED) is 0.811. The van der Waals surface area contributed by atoms with Gasteiger partial charge in [-0.15, -0.1) is 0 Å². The molecule has 1 aliphatic rings. The molecule has 0 unspecified atom stereocenters. The van der Waals surface area contributed by atoms with Crippen molar-refractivity contribution in [1.29, 1.82) is 0 Å². The molecule has 0 radical (unpaired) electrons. The molecule has 5 nitrogen and oxygen atoms in total. The van der Waals surface area contributed by atoms with Crippen molar-refractivity contribution in [3.05, 3.63) is 42.2 Å². The van der Waals surface area contributed by atoms with Crippen LogP contribution in [0.4, 0.5) is 0 Å².